The second-order valence-corrected chi connectivity index (χ2v) is 3.14. The molecule has 0 N–H and O–H groups in total. The lowest BCUT2D eigenvalue weighted by atomic mass is 10.2. The van der Waals surface area contributed by atoms with Gasteiger partial charge in [-0.1, -0.05) is 30.3 Å². The molecular weight excluding hydrogens is 201 g/mol. The fourth-order valence-corrected chi connectivity index (χ4v) is 1.07. The van der Waals surface area contributed by atoms with E-state index in [1.807, 2.05) is 0 Å². The topological polar surface area (TPSA) is 9.23 Å². The van der Waals surface area contributed by atoms with Crippen molar-refractivity contribution in [1.29, 1.82) is 0 Å². The fourth-order valence-electron chi connectivity index (χ4n) is 0.739. The molecule has 0 aliphatic rings. The molecule has 0 bridgehead atoms. The van der Waals surface area contributed by atoms with Gasteiger partial charge in [-0.15, -0.1) is 0 Å². The third kappa shape index (κ3) is 4.80. The molecule has 0 saturated heterocycles. The van der Waals surface area contributed by atoms with Crippen molar-refractivity contribution in [3.63, 3.8) is 0 Å². The van der Waals surface area contributed by atoms with Crippen molar-refractivity contribution in [1.82, 2.24) is 0 Å². The molecule has 0 amide bonds. The molecule has 0 saturated carbocycles. The molecule has 5 heteroatoms. The summed E-state index contributed by atoms with van der Waals surface area (Å²) in [5.74, 6) is 0. The van der Waals surface area contributed by atoms with Crippen LogP contribution in [-0.4, -0.2) is 5.51 Å². The average Bonchev–Trinajstić information content (AvgIpc) is 2.04. The monoisotopic (exact) mass is 208 g/mol. The van der Waals surface area contributed by atoms with E-state index in [0.29, 0.717) is 0 Å². The molecule has 0 aromatic heterocycles. The van der Waals surface area contributed by atoms with Gasteiger partial charge >= 0.3 is 5.51 Å². The Morgan fingerprint density at radius 2 is 1.77 bits per heavy atom. The van der Waals surface area contributed by atoms with Gasteiger partial charge in [0, 0.05) is 0 Å². The quantitative estimate of drug-likeness (QED) is 0.704. The van der Waals surface area contributed by atoms with Crippen molar-refractivity contribution in [2.24, 2.45) is 0 Å². The van der Waals surface area contributed by atoms with E-state index in [-0.39, 0.29) is 6.61 Å². The standard InChI is InChI=1S/C8H7F3OS/c9-8(10,11)13-12-6-7-4-2-1-3-5-7/h1-5H,6H2. The Kier molecular flexibility index (Phi) is 3.62. The molecule has 13 heavy (non-hydrogen) atoms. The first kappa shape index (κ1) is 10.4. The zero-order valence-electron chi connectivity index (χ0n) is 6.54. The molecule has 0 atom stereocenters. The zero-order chi connectivity index (χ0) is 9.73. The lowest BCUT2D eigenvalue weighted by molar-refractivity contribution is -0.0400. The van der Waals surface area contributed by atoms with Gasteiger partial charge in [0.05, 0.1) is 6.61 Å². The smallest absolute Gasteiger partial charge is 0.303 e. The van der Waals surface area contributed by atoms with E-state index in [9.17, 15) is 13.2 Å². The summed E-state index contributed by atoms with van der Waals surface area (Å²) in [5.41, 5.74) is -3.60. The molecule has 1 aromatic carbocycles. The van der Waals surface area contributed by atoms with E-state index in [1.54, 1.807) is 30.3 Å². The maximum Gasteiger partial charge on any atom is 0.467 e. The number of rotatable bonds is 3. The maximum absolute atomic E-state index is 11.6. The Balaban J connectivity index is 2.29. The summed E-state index contributed by atoms with van der Waals surface area (Å²) < 4.78 is 39.2. The van der Waals surface area contributed by atoms with E-state index in [0.717, 1.165) is 5.56 Å². The highest BCUT2D eigenvalue weighted by molar-refractivity contribution is 7.95. The van der Waals surface area contributed by atoms with Gasteiger partial charge < -0.3 is 4.18 Å². The van der Waals surface area contributed by atoms with E-state index in [2.05, 4.69) is 4.18 Å². The minimum atomic E-state index is -4.32. The van der Waals surface area contributed by atoms with E-state index >= 15 is 0 Å². The lowest BCUT2D eigenvalue weighted by Gasteiger charge is -2.04. The van der Waals surface area contributed by atoms with Crippen LogP contribution in [0.1, 0.15) is 5.56 Å². The van der Waals surface area contributed by atoms with Crippen LogP contribution < -0.4 is 0 Å². The van der Waals surface area contributed by atoms with Crippen molar-refractivity contribution in [2.75, 3.05) is 0 Å². The number of benzene rings is 1. The first-order valence-corrected chi connectivity index (χ1v) is 4.23. The molecular formula is C8H7F3OS. The van der Waals surface area contributed by atoms with Gasteiger partial charge in [-0.05, 0) is 5.56 Å². The van der Waals surface area contributed by atoms with E-state index in [4.69, 9.17) is 0 Å². The molecule has 1 aromatic rings. The van der Waals surface area contributed by atoms with Gasteiger partial charge in [-0.2, -0.15) is 13.2 Å². The Bertz CT molecular complexity index is 247. The van der Waals surface area contributed by atoms with Crippen LogP contribution in [0.4, 0.5) is 13.2 Å². The molecule has 0 radical (unpaired) electrons. The number of alkyl halides is 3. The van der Waals surface area contributed by atoms with Gasteiger partial charge in [0.25, 0.3) is 0 Å². The summed E-state index contributed by atoms with van der Waals surface area (Å²) in [7, 11) is 0. The van der Waals surface area contributed by atoms with Crippen LogP contribution in [0.5, 0.6) is 0 Å². The Morgan fingerprint density at radius 3 is 2.31 bits per heavy atom. The molecule has 72 valence electrons. The highest BCUT2D eigenvalue weighted by atomic mass is 32.2. The normalized spacial score (nSPS) is 11.6. The summed E-state index contributed by atoms with van der Waals surface area (Å²) in [6.07, 6.45) is 0. The van der Waals surface area contributed by atoms with Crippen LogP contribution in [0, 0.1) is 0 Å². The van der Waals surface area contributed by atoms with Crippen molar-refractivity contribution in [3.8, 4) is 0 Å². The van der Waals surface area contributed by atoms with Gasteiger partial charge in [0.1, 0.15) is 12.0 Å². The summed E-state index contributed by atoms with van der Waals surface area (Å²) in [4.78, 5) is 0. The largest absolute Gasteiger partial charge is 0.467 e. The fraction of sp³-hybridized carbons (Fsp3) is 0.250. The zero-order valence-corrected chi connectivity index (χ0v) is 7.36. The van der Waals surface area contributed by atoms with Gasteiger partial charge in [-0.3, -0.25) is 0 Å². The van der Waals surface area contributed by atoms with Crippen LogP contribution in [0.15, 0.2) is 30.3 Å². The second-order valence-electron chi connectivity index (χ2n) is 2.28. The molecule has 0 unspecified atom stereocenters. The highest BCUT2D eigenvalue weighted by Gasteiger charge is 2.29. The van der Waals surface area contributed by atoms with E-state index in [1.165, 1.54) is 0 Å². The predicted octanol–water partition coefficient (Wildman–Crippen LogP) is 3.37. The number of halogens is 3. The lowest BCUT2D eigenvalue weighted by Crippen LogP contribution is -2.01. The van der Waals surface area contributed by atoms with Crippen LogP contribution in [0.3, 0.4) is 0 Å². The second kappa shape index (κ2) is 4.53. The SMILES string of the molecule is FC(F)(F)SOCc1ccccc1. The number of hydrogen-bond donors (Lipinski definition) is 0. The third-order valence-electron chi connectivity index (χ3n) is 1.22. The van der Waals surface area contributed by atoms with Crippen LogP contribution in [-0.2, 0) is 10.8 Å². The average molecular weight is 208 g/mol. The van der Waals surface area contributed by atoms with Crippen molar-refractivity contribution in [3.05, 3.63) is 35.9 Å². The molecule has 0 aliphatic carbocycles. The maximum atomic E-state index is 11.6. The summed E-state index contributed by atoms with van der Waals surface area (Å²) in [6, 6.07) is 8.70. The van der Waals surface area contributed by atoms with Crippen molar-refractivity contribution >= 4 is 12.0 Å². The van der Waals surface area contributed by atoms with Crippen LogP contribution in [0.2, 0.25) is 0 Å². The molecule has 1 rings (SSSR count). The summed E-state index contributed by atoms with van der Waals surface area (Å²) in [5, 5.41) is 0. The summed E-state index contributed by atoms with van der Waals surface area (Å²) in [6.45, 7) is -0.0367. The van der Waals surface area contributed by atoms with Crippen LogP contribution >= 0.6 is 12.0 Å². The Labute approximate surface area is 78.1 Å². The highest BCUT2D eigenvalue weighted by Crippen LogP contribution is 2.31. The van der Waals surface area contributed by atoms with Crippen LogP contribution in [0.25, 0.3) is 0 Å². The Morgan fingerprint density at radius 1 is 1.15 bits per heavy atom. The number of hydrogen-bond acceptors (Lipinski definition) is 2. The summed E-state index contributed by atoms with van der Waals surface area (Å²) >= 11 is -0.472. The predicted molar refractivity (Wildman–Crippen MR) is 44.9 cm³/mol. The minimum absolute atomic E-state index is 0.0367. The molecule has 0 aliphatic heterocycles. The van der Waals surface area contributed by atoms with Crippen molar-refractivity contribution < 1.29 is 17.4 Å². The molecule has 0 heterocycles. The van der Waals surface area contributed by atoms with Crippen molar-refractivity contribution in [2.45, 2.75) is 12.1 Å². The molecule has 0 fully saturated rings. The van der Waals surface area contributed by atoms with Gasteiger partial charge in [0.2, 0.25) is 0 Å². The minimum Gasteiger partial charge on any atom is -0.303 e. The molecule has 0 spiro atoms. The third-order valence-corrected chi connectivity index (χ3v) is 1.65. The van der Waals surface area contributed by atoms with Gasteiger partial charge in [-0.25, -0.2) is 0 Å². The molecule has 1 nitrogen and oxygen atoms in total. The first-order chi connectivity index (χ1) is 6.08. The Hall–Kier alpha value is -0.680. The van der Waals surface area contributed by atoms with E-state index < -0.39 is 17.6 Å². The first-order valence-electron chi connectivity index (χ1n) is 3.49. The van der Waals surface area contributed by atoms with Gasteiger partial charge in [0.15, 0.2) is 0 Å².